The third-order valence-electron chi connectivity index (χ3n) is 3.03. The molecule has 3 rings (SSSR count). The van der Waals surface area contributed by atoms with Crippen molar-refractivity contribution >= 4 is 16.8 Å². The number of hydrogen-bond donors (Lipinski definition) is 0. The van der Waals surface area contributed by atoms with Crippen LogP contribution in [0.3, 0.4) is 0 Å². The number of hydrogen-bond acceptors (Lipinski definition) is 0. The van der Waals surface area contributed by atoms with E-state index in [4.69, 9.17) is 0 Å². The Bertz CT molecular complexity index is 561. The van der Waals surface area contributed by atoms with Gasteiger partial charge in [0.05, 0.1) is 0 Å². The van der Waals surface area contributed by atoms with Crippen LogP contribution in [0.4, 0.5) is 4.39 Å². The summed E-state index contributed by atoms with van der Waals surface area (Å²) in [5.41, 5.74) is 2.74. The highest BCUT2D eigenvalue weighted by Gasteiger charge is 2.20. The molecule has 0 saturated heterocycles. The summed E-state index contributed by atoms with van der Waals surface area (Å²) in [6, 6.07) is 11.9. The Labute approximate surface area is 88.0 Å². The van der Waals surface area contributed by atoms with Crippen LogP contribution in [0.25, 0.3) is 16.8 Å². The molecule has 0 spiro atoms. The molecule has 0 bridgehead atoms. The molecule has 1 aliphatic carbocycles. The van der Waals surface area contributed by atoms with E-state index in [-0.39, 0.29) is 0 Å². The van der Waals surface area contributed by atoms with Crippen LogP contribution in [0.2, 0.25) is 0 Å². The van der Waals surface area contributed by atoms with E-state index in [0.29, 0.717) is 0 Å². The van der Waals surface area contributed by atoms with E-state index in [1.54, 1.807) is 0 Å². The van der Waals surface area contributed by atoms with E-state index in [1.807, 2.05) is 49.4 Å². The Balaban J connectivity index is 2.49. The average Bonchev–Trinajstić information content (AvgIpc) is 2.26. The lowest BCUT2D eigenvalue weighted by molar-refractivity contribution is 0.398. The van der Waals surface area contributed by atoms with Gasteiger partial charge in [-0.2, -0.15) is 0 Å². The van der Waals surface area contributed by atoms with Crippen LogP contribution in [0.15, 0.2) is 42.0 Å². The van der Waals surface area contributed by atoms with Gasteiger partial charge in [0.25, 0.3) is 0 Å². The average molecular weight is 198 g/mol. The molecule has 0 amide bonds. The third-order valence-corrected chi connectivity index (χ3v) is 3.03. The van der Waals surface area contributed by atoms with Crippen LogP contribution in [0.1, 0.15) is 24.2 Å². The fourth-order valence-corrected chi connectivity index (χ4v) is 2.29. The summed E-state index contributed by atoms with van der Waals surface area (Å²) in [5.74, 6) is 0. The molecule has 2 aromatic carbocycles. The van der Waals surface area contributed by atoms with E-state index >= 15 is 0 Å². The first-order valence-corrected chi connectivity index (χ1v) is 5.11. The largest absolute Gasteiger partial charge is 0.237 e. The van der Waals surface area contributed by atoms with Gasteiger partial charge in [0, 0.05) is 0 Å². The van der Waals surface area contributed by atoms with Gasteiger partial charge < -0.3 is 0 Å². The molecular formula is C14H11F. The van der Waals surface area contributed by atoms with Crippen LogP contribution in [0.5, 0.6) is 0 Å². The van der Waals surface area contributed by atoms with Crippen LogP contribution in [-0.2, 0) is 0 Å². The van der Waals surface area contributed by atoms with Gasteiger partial charge in [-0.3, -0.25) is 0 Å². The highest BCUT2D eigenvalue weighted by Crippen LogP contribution is 2.38. The standard InChI is InChI=1S/C14H11F/c1-9-8-11-6-2-4-10-5-3-7-12(13(10)11)14(9)15/h2-8,14H,1H3. The number of halogens is 1. The molecule has 0 nitrogen and oxygen atoms in total. The van der Waals surface area contributed by atoms with Crippen molar-refractivity contribution in [2.45, 2.75) is 13.1 Å². The number of rotatable bonds is 0. The lowest BCUT2D eigenvalue weighted by atomic mass is 9.88. The van der Waals surface area contributed by atoms with Crippen molar-refractivity contribution in [3.8, 4) is 0 Å². The summed E-state index contributed by atoms with van der Waals surface area (Å²) < 4.78 is 14.0. The second kappa shape index (κ2) is 2.93. The Hall–Kier alpha value is -1.63. The molecular weight excluding hydrogens is 187 g/mol. The Kier molecular flexibility index (Phi) is 1.69. The monoisotopic (exact) mass is 198 g/mol. The summed E-state index contributed by atoms with van der Waals surface area (Å²) in [6.45, 7) is 1.85. The van der Waals surface area contributed by atoms with Crippen molar-refractivity contribution in [1.82, 2.24) is 0 Å². The quantitative estimate of drug-likeness (QED) is 0.593. The summed E-state index contributed by atoms with van der Waals surface area (Å²) >= 11 is 0. The van der Waals surface area contributed by atoms with E-state index < -0.39 is 6.17 Å². The summed E-state index contributed by atoms with van der Waals surface area (Å²) in [6.07, 6.45) is 1.00. The van der Waals surface area contributed by atoms with Gasteiger partial charge in [0.15, 0.2) is 0 Å². The number of alkyl halides is 1. The molecule has 0 N–H and O–H groups in total. The van der Waals surface area contributed by atoms with Gasteiger partial charge in [-0.25, -0.2) is 4.39 Å². The van der Waals surface area contributed by atoms with Crippen LogP contribution in [0, 0.1) is 0 Å². The molecule has 1 aliphatic rings. The smallest absolute Gasteiger partial charge is 0.147 e. The Morgan fingerprint density at radius 1 is 1.07 bits per heavy atom. The van der Waals surface area contributed by atoms with Crippen molar-refractivity contribution in [3.05, 3.63) is 53.1 Å². The minimum atomic E-state index is -0.941. The van der Waals surface area contributed by atoms with E-state index in [1.165, 1.54) is 0 Å². The highest BCUT2D eigenvalue weighted by atomic mass is 19.1. The van der Waals surface area contributed by atoms with Crippen molar-refractivity contribution in [1.29, 1.82) is 0 Å². The molecule has 0 heterocycles. The first-order valence-electron chi connectivity index (χ1n) is 5.11. The maximum absolute atomic E-state index is 14.0. The van der Waals surface area contributed by atoms with Gasteiger partial charge >= 0.3 is 0 Å². The van der Waals surface area contributed by atoms with Crippen LogP contribution < -0.4 is 0 Å². The summed E-state index contributed by atoms with van der Waals surface area (Å²) in [4.78, 5) is 0. The molecule has 0 saturated carbocycles. The first kappa shape index (κ1) is 8.66. The molecule has 1 heteroatoms. The number of allylic oxidation sites excluding steroid dienone is 1. The number of benzene rings is 2. The maximum Gasteiger partial charge on any atom is 0.147 e. The van der Waals surface area contributed by atoms with Gasteiger partial charge in [0.2, 0.25) is 0 Å². The highest BCUT2D eigenvalue weighted by molar-refractivity contribution is 5.96. The topological polar surface area (TPSA) is 0 Å². The molecule has 74 valence electrons. The lowest BCUT2D eigenvalue weighted by Gasteiger charge is -2.19. The molecule has 15 heavy (non-hydrogen) atoms. The summed E-state index contributed by atoms with van der Waals surface area (Å²) in [7, 11) is 0. The van der Waals surface area contributed by atoms with Gasteiger partial charge in [-0.05, 0) is 34.4 Å². The molecule has 0 aliphatic heterocycles. The lowest BCUT2D eigenvalue weighted by Crippen LogP contribution is -2.00. The maximum atomic E-state index is 14.0. The van der Waals surface area contributed by atoms with E-state index in [2.05, 4.69) is 0 Å². The van der Waals surface area contributed by atoms with Gasteiger partial charge in [-0.1, -0.05) is 42.5 Å². The fourth-order valence-electron chi connectivity index (χ4n) is 2.29. The minimum Gasteiger partial charge on any atom is -0.237 e. The SMILES string of the molecule is CC1=Cc2cccc3cccc(c23)C1F. The fraction of sp³-hybridized carbons (Fsp3) is 0.143. The van der Waals surface area contributed by atoms with Crippen LogP contribution in [-0.4, -0.2) is 0 Å². The second-order valence-corrected chi connectivity index (χ2v) is 4.04. The van der Waals surface area contributed by atoms with Gasteiger partial charge in [-0.15, -0.1) is 0 Å². The zero-order valence-electron chi connectivity index (χ0n) is 8.50. The zero-order valence-corrected chi connectivity index (χ0v) is 8.50. The molecule has 0 fully saturated rings. The predicted octanol–water partition coefficient (Wildman–Crippen LogP) is 4.27. The van der Waals surface area contributed by atoms with Crippen molar-refractivity contribution in [2.24, 2.45) is 0 Å². The molecule has 1 atom stereocenters. The van der Waals surface area contributed by atoms with E-state index in [9.17, 15) is 4.39 Å². The Morgan fingerprint density at radius 3 is 2.60 bits per heavy atom. The Morgan fingerprint density at radius 2 is 1.80 bits per heavy atom. The summed E-state index contributed by atoms with van der Waals surface area (Å²) in [5, 5.41) is 2.19. The van der Waals surface area contributed by atoms with Gasteiger partial charge in [0.1, 0.15) is 6.17 Å². The van der Waals surface area contributed by atoms with E-state index in [0.717, 1.165) is 27.5 Å². The molecule has 1 unspecified atom stereocenters. The zero-order chi connectivity index (χ0) is 10.4. The second-order valence-electron chi connectivity index (χ2n) is 4.04. The third kappa shape index (κ3) is 1.13. The van der Waals surface area contributed by atoms with Crippen LogP contribution >= 0.6 is 0 Å². The van der Waals surface area contributed by atoms with Crippen molar-refractivity contribution < 1.29 is 4.39 Å². The minimum absolute atomic E-state index is 0.793. The molecule has 0 aromatic heterocycles. The molecule has 0 radical (unpaired) electrons. The predicted molar refractivity (Wildman–Crippen MR) is 61.4 cm³/mol. The van der Waals surface area contributed by atoms with Crippen molar-refractivity contribution in [3.63, 3.8) is 0 Å². The normalized spacial score (nSPS) is 19.1. The molecule has 2 aromatic rings. The van der Waals surface area contributed by atoms with Crippen molar-refractivity contribution in [2.75, 3.05) is 0 Å². The first-order chi connectivity index (χ1) is 7.27.